The van der Waals surface area contributed by atoms with Gasteiger partial charge in [-0.2, -0.15) is 0 Å². The minimum Gasteiger partial charge on any atom is -0.482 e. The Morgan fingerprint density at radius 3 is 2.72 bits per heavy atom. The van der Waals surface area contributed by atoms with Crippen molar-refractivity contribution in [3.63, 3.8) is 0 Å². The van der Waals surface area contributed by atoms with E-state index in [0.717, 1.165) is 6.42 Å². The lowest BCUT2D eigenvalue weighted by Gasteiger charge is -2.14. The van der Waals surface area contributed by atoms with Crippen LogP contribution in [-0.4, -0.2) is 42.2 Å². The first-order chi connectivity index (χ1) is 12.1. The molecule has 0 aromatic carbocycles. The van der Waals surface area contributed by atoms with E-state index < -0.39 is 0 Å². The number of halogens is 2. The van der Waals surface area contributed by atoms with Crippen LogP contribution in [0.25, 0.3) is 0 Å². The Morgan fingerprint density at radius 1 is 1.32 bits per heavy atom. The van der Waals surface area contributed by atoms with Gasteiger partial charge in [-0.3, -0.25) is 9.78 Å². The van der Waals surface area contributed by atoms with Crippen molar-refractivity contribution in [1.82, 2.24) is 9.97 Å². The summed E-state index contributed by atoms with van der Waals surface area (Å²) in [5.74, 6) is 0.503. The van der Waals surface area contributed by atoms with Crippen LogP contribution in [0.15, 0.2) is 24.5 Å². The smallest absolute Gasteiger partial charge is 0.257 e. The third kappa shape index (κ3) is 4.21. The number of rotatable bonds is 6. The van der Waals surface area contributed by atoms with Gasteiger partial charge in [-0.15, -0.1) is 0 Å². The quantitative estimate of drug-likeness (QED) is 0.713. The first kappa shape index (κ1) is 17.9. The number of hydrogen-bond acceptors (Lipinski definition) is 6. The van der Waals surface area contributed by atoms with Crippen molar-refractivity contribution in [1.29, 1.82) is 0 Å². The Morgan fingerprint density at radius 2 is 2.08 bits per heavy atom. The van der Waals surface area contributed by atoms with Gasteiger partial charge in [0.1, 0.15) is 11.8 Å². The summed E-state index contributed by atoms with van der Waals surface area (Å²) in [6.45, 7) is 1.20. The first-order valence-corrected chi connectivity index (χ1v) is 8.44. The molecule has 3 rings (SSSR count). The number of ether oxygens (including phenoxy) is 3. The summed E-state index contributed by atoms with van der Waals surface area (Å²) in [6.07, 6.45) is 3.69. The SMILES string of the molecule is COc1nc(C(=O)Cc2c(Cl)cncc2Cl)ccc1OC1CCOC1. The Labute approximate surface area is 155 Å². The van der Waals surface area contributed by atoms with Crippen LogP contribution in [0.1, 0.15) is 22.5 Å². The fraction of sp³-hybridized carbons (Fsp3) is 0.353. The van der Waals surface area contributed by atoms with E-state index in [9.17, 15) is 4.79 Å². The molecule has 132 valence electrons. The van der Waals surface area contributed by atoms with Gasteiger partial charge in [-0.1, -0.05) is 23.2 Å². The predicted molar refractivity (Wildman–Crippen MR) is 92.9 cm³/mol. The van der Waals surface area contributed by atoms with Crippen molar-refractivity contribution < 1.29 is 19.0 Å². The van der Waals surface area contributed by atoms with Gasteiger partial charge < -0.3 is 14.2 Å². The van der Waals surface area contributed by atoms with Crippen molar-refractivity contribution in [3.8, 4) is 11.6 Å². The number of aromatic nitrogens is 2. The van der Waals surface area contributed by atoms with Crippen LogP contribution in [0.5, 0.6) is 11.6 Å². The molecule has 0 spiro atoms. The molecule has 6 nitrogen and oxygen atoms in total. The van der Waals surface area contributed by atoms with Gasteiger partial charge in [0, 0.05) is 30.8 Å². The number of hydrogen-bond donors (Lipinski definition) is 0. The number of nitrogens with zero attached hydrogens (tertiary/aromatic N) is 2. The fourth-order valence-electron chi connectivity index (χ4n) is 2.46. The first-order valence-electron chi connectivity index (χ1n) is 7.69. The van der Waals surface area contributed by atoms with E-state index in [0.29, 0.717) is 34.6 Å². The van der Waals surface area contributed by atoms with Crippen LogP contribution in [-0.2, 0) is 11.2 Å². The molecular weight excluding hydrogens is 367 g/mol. The highest BCUT2D eigenvalue weighted by Crippen LogP contribution is 2.29. The Bertz CT molecular complexity index is 759. The highest BCUT2D eigenvalue weighted by Gasteiger charge is 2.21. The molecule has 0 aliphatic carbocycles. The van der Waals surface area contributed by atoms with Gasteiger partial charge in [0.05, 0.1) is 30.4 Å². The van der Waals surface area contributed by atoms with Crippen molar-refractivity contribution in [2.24, 2.45) is 0 Å². The predicted octanol–water partition coefficient (Wildman–Crippen LogP) is 3.39. The van der Waals surface area contributed by atoms with Gasteiger partial charge in [0.25, 0.3) is 5.88 Å². The zero-order chi connectivity index (χ0) is 17.8. The molecule has 0 amide bonds. The molecule has 1 fully saturated rings. The number of Topliss-reactive ketones (excluding diaryl/α,β-unsaturated/α-hetero) is 1. The Balaban J connectivity index is 1.78. The summed E-state index contributed by atoms with van der Waals surface area (Å²) in [6, 6.07) is 3.27. The van der Waals surface area contributed by atoms with Crippen molar-refractivity contribution in [3.05, 3.63) is 45.8 Å². The van der Waals surface area contributed by atoms with Gasteiger partial charge >= 0.3 is 0 Å². The van der Waals surface area contributed by atoms with E-state index in [1.807, 2.05) is 0 Å². The molecule has 1 aliphatic rings. The van der Waals surface area contributed by atoms with Crippen molar-refractivity contribution in [2.45, 2.75) is 18.9 Å². The molecular formula is C17H16Cl2N2O4. The summed E-state index contributed by atoms with van der Waals surface area (Å²) >= 11 is 12.1. The Hall–Kier alpha value is -1.89. The number of pyridine rings is 2. The van der Waals surface area contributed by atoms with E-state index in [-0.39, 0.29) is 29.9 Å². The van der Waals surface area contributed by atoms with E-state index >= 15 is 0 Å². The number of methoxy groups -OCH3 is 1. The molecule has 0 saturated carbocycles. The molecule has 1 atom stereocenters. The molecule has 1 aliphatic heterocycles. The lowest BCUT2D eigenvalue weighted by atomic mass is 10.1. The van der Waals surface area contributed by atoms with Crippen LogP contribution < -0.4 is 9.47 Å². The standard InChI is InChI=1S/C17H16Cl2N2O4/c1-23-17-16(25-10-4-5-24-9-10)3-2-14(21-17)15(22)6-11-12(18)7-20-8-13(11)19/h2-3,7-8,10H,4-6,9H2,1H3. The summed E-state index contributed by atoms with van der Waals surface area (Å²) in [5, 5.41) is 0.683. The normalized spacial score (nSPS) is 16.7. The molecule has 2 aromatic rings. The van der Waals surface area contributed by atoms with Gasteiger partial charge in [-0.25, -0.2) is 4.98 Å². The van der Waals surface area contributed by atoms with E-state index in [1.54, 1.807) is 12.1 Å². The summed E-state index contributed by atoms with van der Waals surface area (Å²) < 4.78 is 16.4. The minimum absolute atomic E-state index is 0.0208. The van der Waals surface area contributed by atoms with E-state index in [1.165, 1.54) is 19.5 Å². The maximum Gasteiger partial charge on any atom is 0.257 e. The molecule has 1 saturated heterocycles. The van der Waals surface area contributed by atoms with E-state index in [4.69, 9.17) is 37.4 Å². The van der Waals surface area contributed by atoms with Crippen LogP contribution in [0.4, 0.5) is 0 Å². The van der Waals surface area contributed by atoms with Crippen molar-refractivity contribution >= 4 is 29.0 Å². The number of ketones is 1. The lowest BCUT2D eigenvalue weighted by Crippen LogP contribution is -2.17. The maximum atomic E-state index is 12.5. The second-order valence-corrected chi connectivity index (χ2v) is 6.30. The second kappa shape index (κ2) is 7.99. The van der Waals surface area contributed by atoms with Crippen LogP contribution >= 0.6 is 23.2 Å². The van der Waals surface area contributed by atoms with Crippen LogP contribution in [0.3, 0.4) is 0 Å². The van der Waals surface area contributed by atoms with E-state index in [2.05, 4.69) is 9.97 Å². The molecule has 1 unspecified atom stereocenters. The molecule has 8 heteroatoms. The third-order valence-electron chi connectivity index (χ3n) is 3.78. The highest BCUT2D eigenvalue weighted by molar-refractivity contribution is 6.36. The second-order valence-electron chi connectivity index (χ2n) is 5.49. The third-order valence-corrected chi connectivity index (χ3v) is 4.43. The average Bonchev–Trinajstić information content (AvgIpc) is 3.11. The largest absolute Gasteiger partial charge is 0.482 e. The lowest BCUT2D eigenvalue weighted by molar-refractivity contribution is 0.0986. The topological polar surface area (TPSA) is 70.5 Å². The molecule has 0 radical (unpaired) electrons. The maximum absolute atomic E-state index is 12.5. The summed E-state index contributed by atoms with van der Waals surface area (Å²) in [4.78, 5) is 20.6. The zero-order valence-corrected chi connectivity index (χ0v) is 15.0. The summed E-state index contributed by atoms with van der Waals surface area (Å²) in [7, 11) is 1.48. The van der Waals surface area contributed by atoms with Crippen LogP contribution in [0, 0.1) is 0 Å². The Kier molecular flexibility index (Phi) is 5.73. The minimum atomic E-state index is -0.232. The van der Waals surface area contributed by atoms with Gasteiger partial charge in [0.2, 0.25) is 0 Å². The monoisotopic (exact) mass is 382 g/mol. The fourth-order valence-corrected chi connectivity index (χ4v) is 2.96. The number of carbonyl (C=O) groups is 1. The van der Waals surface area contributed by atoms with Crippen LogP contribution in [0.2, 0.25) is 10.0 Å². The molecule has 0 bridgehead atoms. The number of carbonyl (C=O) groups excluding carboxylic acids is 1. The zero-order valence-electron chi connectivity index (χ0n) is 13.5. The molecule has 0 N–H and O–H groups in total. The van der Waals surface area contributed by atoms with Gasteiger partial charge in [-0.05, 0) is 12.1 Å². The molecule has 2 aromatic heterocycles. The average molecular weight is 383 g/mol. The highest BCUT2D eigenvalue weighted by atomic mass is 35.5. The van der Waals surface area contributed by atoms with Crippen molar-refractivity contribution in [2.75, 3.05) is 20.3 Å². The summed E-state index contributed by atoms with van der Waals surface area (Å²) in [5.41, 5.74) is 0.767. The molecule has 25 heavy (non-hydrogen) atoms. The molecule has 3 heterocycles. The van der Waals surface area contributed by atoms with Gasteiger partial charge in [0.15, 0.2) is 11.5 Å².